The first-order chi connectivity index (χ1) is 4.67. The highest BCUT2D eigenvalue weighted by molar-refractivity contribution is 5.90. The lowest BCUT2D eigenvalue weighted by atomic mass is 10.1. The summed E-state index contributed by atoms with van der Waals surface area (Å²) in [4.78, 5) is 4.08. The van der Waals surface area contributed by atoms with Gasteiger partial charge in [-0.1, -0.05) is 0 Å². The normalized spacial score (nSPS) is 28.1. The van der Waals surface area contributed by atoms with E-state index in [2.05, 4.69) is 10.3 Å². The molecule has 1 N–H and O–H groups in total. The molecule has 1 aliphatic heterocycles. The third kappa shape index (κ3) is 1.29. The minimum Gasteiger partial charge on any atom is -0.369 e. The quantitative estimate of drug-likeness (QED) is 0.531. The van der Waals surface area contributed by atoms with Crippen molar-refractivity contribution in [2.45, 2.75) is 19.4 Å². The first-order valence-electron chi connectivity index (χ1n) is 3.52. The molecule has 58 valence electrons. The third-order valence-corrected chi connectivity index (χ3v) is 1.65. The van der Waals surface area contributed by atoms with Crippen LogP contribution in [0.2, 0.25) is 0 Å². The van der Waals surface area contributed by atoms with Crippen molar-refractivity contribution in [1.82, 2.24) is 5.32 Å². The van der Waals surface area contributed by atoms with Crippen LogP contribution in [0.5, 0.6) is 0 Å². The Kier molecular flexibility index (Phi) is 1.94. The minimum atomic E-state index is -0.215. The Labute approximate surface area is 61.5 Å². The number of aliphatic imine (C=N–C) groups is 1. The monoisotopic (exact) mass is 142 g/mol. The minimum absolute atomic E-state index is 0.215. The summed E-state index contributed by atoms with van der Waals surface area (Å²) in [6.07, 6.45) is 0. The molecular weight excluding hydrogens is 128 g/mol. The van der Waals surface area contributed by atoms with Crippen LogP contribution in [0.15, 0.2) is 4.99 Å². The van der Waals surface area contributed by atoms with Gasteiger partial charge in [-0.15, -0.1) is 0 Å². The van der Waals surface area contributed by atoms with E-state index in [1.165, 1.54) is 0 Å². The molecule has 0 radical (unpaired) electrons. The Morgan fingerprint density at radius 1 is 1.60 bits per heavy atom. The second-order valence-electron chi connectivity index (χ2n) is 2.86. The van der Waals surface area contributed by atoms with Gasteiger partial charge in [-0.3, -0.25) is 4.99 Å². The molecule has 0 aromatic heterocycles. The molecule has 3 nitrogen and oxygen atoms in total. The van der Waals surface area contributed by atoms with E-state index >= 15 is 0 Å². The lowest BCUT2D eigenvalue weighted by Gasteiger charge is -2.32. The average Bonchev–Trinajstić information content (AvgIpc) is 1.87. The fourth-order valence-electron chi connectivity index (χ4n) is 1.11. The molecule has 0 aromatic rings. The third-order valence-electron chi connectivity index (χ3n) is 1.65. The van der Waals surface area contributed by atoms with Crippen LogP contribution in [0.3, 0.4) is 0 Å². The number of hydrogen-bond donors (Lipinski definition) is 1. The molecule has 0 spiro atoms. The van der Waals surface area contributed by atoms with E-state index in [0.29, 0.717) is 0 Å². The van der Waals surface area contributed by atoms with Gasteiger partial charge in [-0.2, -0.15) is 0 Å². The summed E-state index contributed by atoms with van der Waals surface area (Å²) in [5.74, 6) is 0.943. The summed E-state index contributed by atoms with van der Waals surface area (Å²) in [7, 11) is 1.78. The fourth-order valence-corrected chi connectivity index (χ4v) is 1.11. The van der Waals surface area contributed by atoms with Gasteiger partial charge in [0, 0.05) is 13.6 Å². The summed E-state index contributed by atoms with van der Waals surface area (Å²) in [6, 6.07) is 0. The van der Waals surface area contributed by atoms with Crippen molar-refractivity contribution in [3.05, 3.63) is 0 Å². The van der Waals surface area contributed by atoms with Crippen LogP contribution in [0, 0.1) is 0 Å². The molecule has 3 heteroatoms. The van der Waals surface area contributed by atoms with Gasteiger partial charge in [-0.05, 0) is 13.8 Å². The van der Waals surface area contributed by atoms with Crippen molar-refractivity contribution < 1.29 is 4.74 Å². The van der Waals surface area contributed by atoms with Crippen molar-refractivity contribution in [2.75, 3.05) is 20.2 Å². The summed E-state index contributed by atoms with van der Waals surface area (Å²) < 4.78 is 5.48. The molecule has 0 amide bonds. The van der Waals surface area contributed by atoms with Gasteiger partial charge in [0.1, 0.15) is 11.4 Å². The summed E-state index contributed by atoms with van der Waals surface area (Å²) >= 11 is 0. The Morgan fingerprint density at radius 2 is 2.30 bits per heavy atom. The molecule has 1 saturated heterocycles. The van der Waals surface area contributed by atoms with E-state index in [0.717, 1.165) is 19.0 Å². The van der Waals surface area contributed by atoms with Gasteiger partial charge >= 0.3 is 0 Å². The van der Waals surface area contributed by atoms with Crippen LogP contribution >= 0.6 is 0 Å². The number of amidine groups is 1. The van der Waals surface area contributed by atoms with Crippen LogP contribution < -0.4 is 5.32 Å². The Balaban J connectivity index is 2.70. The molecule has 1 fully saturated rings. The highest BCUT2D eigenvalue weighted by atomic mass is 16.5. The van der Waals surface area contributed by atoms with E-state index in [1.54, 1.807) is 7.05 Å². The van der Waals surface area contributed by atoms with Crippen molar-refractivity contribution >= 4 is 5.84 Å². The molecule has 1 heterocycles. The van der Waals surface area contributed by atoms with E-state index < -0.39 is 0 Å². The highest BCUT2D eigenvalue weighted by Gasteiger charge is 2.28. The molecule has 0 bridgehead atoms. The molecule has 0 atom stereocenters. The van der Waals surface area contributed by atoms with E-state index in [9.17, 15) is 0 Å². The Bertz CT molecular complexity index is 152. The number of rotatable bonds is 0. The summed E-state index contributed by atoms with van der Waals surface area (Å²) in [6.45, 7) is 5.67. The highest BCUT2D eigenvalue weighted by Crippen LogP contribution is 2.12. The lowest BCUT2D eigenvalue weighted by molar-refractivity contribution is 0.0212. The van der Waals surface area contributed by atoms with Crippen LogP contribution in [-0.2, 0) is 4.74 Å². The molecule has 0 unspecified atom stereocenters. The SMILES string of the molecule is CN=C1NCCOC1(C)C. The zero-order valence-electron chi connectivity index (χ0n) is 6.77. The van der Waals surface area contributed by atoms with Crippen LogP contribution in [-0.4, -0.2) is 31.6 Å². The van der Waals surface area contributed by atoms with E-state index in [4.69, 9.17) is 4.74 Å². The van der Waals surface area contributed by atoms with Crippen molar-refractivity contribution in [3.8, 4) is 0 Å². The summed E-state index contributed by atoms with van der Waals surface area (Å²) in [5, 5.41) is 3.18. The van der Waals surface area contributed by atoms with E-state index in [-0.39, 0.29) is 5.60 Å². The van der Waals surface area contributed by atoms with Gasteiger partial charge in [0.25, 0.3) is 0 Å². The Morgan fingerprint density at radius 3 is 2.70 bits per heavy atom. The predicted molar refractivity (Wildman–Crippen MR) is 41.4 cm³/mol. The van der Waals surface area contributed by atoms with E-state index in [1.807, 2.05) is 13.8 Å². The summed E-state index contributed by atoms with van der Waals surface area (Å²) in [5.41, 5.74) is -0.215. The molecule has 1 rings (SSSR count). The van der Waals surface area contributed by atoms with Gasteiger partial charge in [-0.25, -0.2) is 0 Å². The van der Waals surface area contributed by atoms with Crippen LogP contribution in [0.1, 0.15) is 13.8 Å². The molecule has 10 heavy (non-hydrogen) atoms. The average molecular weight is 142 g/mol. The maximum atomic E-state index is 5.48. The first kappa shape index (κ1) is 7.54. The number of nitrogens with zero attached hydrogens (tertiary/aromatic N) is 1. The first-order valence-corrected chi connectivity index (χ1v) is 3.52. The van der Waals surface area contributed by atoms with Crippen molar-refractivity contribution in [3.63, 3.8) is 0 Å². The van der Waals surface area contributed by atoms with Crippen molar-refractivity contribution in [1.29, 1.82) is 0 Å². The zero-order valence-corrected chi connectivity index (χ0v) is 6.77. The second kappa shape index (κ2) is 2.58. The smallest absolute Gasteiger partial charge is 0.128 e. The number of nitrogens with one attached hydrogen (secondary N) is 1. The maximum Gasteiger partial charge on any atom is 0.128 e. The molecule has 0 aromatic carbocycles. The predicted octanol–water partition coefficient (Wildman–Crippen LogP) is 0.413. The molecular formula is C7H14N2O. The number of ether oxygens (including phenoxy) is 1. The lowest BCUT2D eigenvalue weighted by Crippen LogP contribution is -2.51. The van der Waals surface area contributed by atoms with Gasteiger partial charge in [0.15, 0.2) is 0 Å². The standard InChI is InChI=1S/C7H14N2O/c1-7(2)6(8-3)9-4-5-10-7/h4-5H2,1-3H3,(H,8,9). The molecule has 1 aliphatic rings. The van der Waals surface area contributed by atoms with Crippen LogP contribution in [0.25, 0.3) is 0 Å². The van der Waals surface area contributed by atoms with Gasteiger partial charge in [0.05, 0.1) is 6.61 Å². The Hall–Kier alpha value is -0.570. The largest absolute Gasteiger partial charge is 0.369 e. The molecule has 0 aliphatic carbocycles. The number of hydrogen-bond acceptors (Lipinski definition) is 2. The molecule has 0 saturated carbocycles. The topological polar surface area (TPSA) is 33.6 Å². The van der Waals surface area contributed by atoms with Crippen molar-refractivity contribution in [2.24, 2.45) is 4.99 Å². The van der Waals surface area contributed by atoms with Gasteiger partial charge < -0.3 is 10.1 Å². The zero-order chi connectivity index (χ0) is 7.61. The maximum absolute atomic E-state index is 5.48. The van der Waals surface area contributed by atoms with Gasteiger partial charge in [0.2, 0.25) is 0 Å². The fraction of sp³-hybridized carbons (Fsp3) is 0.857. The van der Waals surface area contributed by atoms with Crippen LogP contribution in [0.4, 0.5) is 0 Å². The second-order valence-corrected chi connectivity index (χ2v) is 2.86. The number of morpholine rings is 1.